The van der Waals surface area contributed by atoms with Crippen molar-refractivity contribution in [3.05, 3.63) is 28.8 Å². The van der Waals surface area contributed by atoms with Crippen LogP contribution >= 0.6 is 11.6 Å². The van der Waals surface area contributed by atoms with Crippen LogP contribution < -0.4 is 11.1 Å². The lowest BCUT2D eigenvalue weighted by molar-refractivity contribution is -0.137. The summed E-state index contributed by atoms with van der Waals surface area (Å²) in [6.45, 7) is 3.66. The normalized spacial score (nSPS) is 14.8. The predicted octanol–water partition coefficient (Wildman–Crippen LogP) is 3.67. The van der Waals surface area contributed by atoms with Gasteiger partial charge in [0.05, 0.1) is 22.3 Å². The zero-order chi connectivity index (χ0) is 15.5. The summed E-state index contributed by atoms with van der Waals surface area (Å²) in [6.07, 6.45) is -3.81. The van der Waals surface area contributed by atoms with Crippen LogP contribution in [0.1, 0.15) is 25.8 Å². The molecule has 0 heterocycles. The molecule has 0 spiro atoms. The third-order valence-electron chi connectivity index (χ3n) is 3.11. The minimum absolute atomic E-state index is 0.0303. The van der Waals surface area contributed by atoms with Crippen molar-refractivity contribution in [2.45, 2.75) is 32.5 Å². The molecule has 0 unspecified atom stereocenters. The number of halogens is 4. The molecule has 3 N–H and O–H groups in total. The lowest BCUT2D eigenvalue weighted by Crippen LogP contribution is -2.40. The van der Waals surface area contributed by atoms with E-state index in [9.17, 15) is 18.0 Å². The van der Waals surface area contributed by atoms with Gasteiger partial charge in [0, 0.05) is 0 Å². The number of benzene rings is 1. The van der Waals surface area contributed by atoms with Gasteiger partial charge in [0.2, 0.25) is 5.91 Å². The highest BCUT2D eigenvalue weighted by atomic mass is 35.5. The molecule has 2 atom stereocenters. The van der Waals surface area contributed by atoms with Crippen LogP contribution in [0.5, 0.6) is 0 Å². The Hall–Kier alpha value is -1.27. The van der Waals surface area contributed by atoms with Crippen molar-refractivity contribution in [1.82, 2.24) is 0 Å². The quantitative estimate of drug-likeness (QED) is 0.891. The number of carbonyl (C=O) groups excluding carboxylic acids is 1. The molecule has 20 heavy (non-hydrogen) atoms. The van der Waals surface area contributed by atoms with Crippen LogP contribution in [0, 0.1) is 5.92 Å². The molecule has 1 aromatic carbocycles. The Morgan fingerprint density at radius 2 is 2.05 bits per heavy atom. The number of carbonyl (C=O) groups is 1. The van der Waals surface area contributed by atoms with Gasteiger partial charge in [-0.2, -0.15) is 13.2 Å². The third-order valence-corrected chi connectivity index (χ3v) is 3.44. The molecule has 7 heteroatoms. The maximum absolute atomic E-state index is 12.6. The second-order valence-corrected chi connectivity index (χ2v) is 5.00. The topological polar surface area (TPSA) is 55.1 Å². The highest BCUT2D eigenvalue weighted by Gasteiger charge is 2.31. The van der Waals surface area contributed by atoms with Crippen LogP contribution in [0.3, 0.4) is 0 Å². The molecule has 1 aromatic rings. The summed E-state index contributed by atoms with van der Waals surface area (Å²) < 4.78 is 37.8. The second-order valence-electron chi connectivity index (χ2n) is 4.59. The Morgan fingerprint density at radius 3 is 2.55 bits per heavy atom. The average molecular weight is 309 g/mol. The molecule has 0 saturated carbocycles. The Morgan fingerprint density at radius 1 is 1.45 bits per heavy atom. The second kappa shape index (κ2) is 6.45. The van der Waals surface area contributed by atoms with Crippen LogP contribution in [0.15, 0.2) is 18.2 Å². The van der Waals surface area contributed by atoms with E-state index < -0.39 is 23.7 Å². The summed E-state index contributed by atoms with van der Waals surface area (Å²) >= 11 is 5.79. The SMILES string of the molecule is CC[C@H](C)[C@H](N)C(=O)Nc1cc(C(F)(F)F)ccc1Cl. The summed E-state index contributed by atoms with van der Waals surface area (Å²) in [5.41, 5.74) is 4.74. The Balaban J connectivity index is 2.95. The average Bonchev–Trinajstić information content (AvgIpc) is 2.38. The van der Waals surface area contributed by atoms with Crippen LogP contribution in [-0.4, -0.2) is 11.9 Å². The first kappa shape index (κ1) is 16.8. The maximum Gasteiger partial charge on any atom is 0.416 e. The summed E-state index contributed by atoms with van der Waals surface area (Å²) in [7, 11) is 0. The molecule has 1 amide bonds. The highest BCUT2D eigenvalue weighted by molar-refractivity contribution is 6.33. The molecule has 0 aliphatic heterocycles. The predicted molar refractivity (Wildman–Crippen MR) is 72.5 cm³/mol. The molecule has 112 valence electrons. The first-order valence-corrected chi connectivity index (χ1v) is 6.47. The fourth-order valence-corrected chi connectivity index (χ4v) is 1.69. The molecular formula is C13H16ClF3N2O. The van der Waals surface area contributed by atoms with E-state index in [1.165, 1.54) is 0 Å². The van der Waals surface area contributed by atoms with Gasteiger partial charge in [-0.1, -0.05) is 31.9 Å². The summed E-state index contributed by atoms with van der Waals surface area (Å²) in [6, 6.07) is 1.94. The first-order chi connectivity index (χ1) is 9.16. The molecule has 0 bridgehead atoms. The molecule has 1 rings (SSSR count). The lowest BCUT2D eigenvalue weighted by atomic mass is 9.99. The maximum atomic E-state index is 12.6. The van der Waals surface area contributed by atoms with E-state index in [0.29, 0.717) is 6.42 Å². The molecule has 3 nitrogen and oxygen atoms in total. The monoisotopic (exact) mass is 308 g/mol. The number of nitrogens with one attached hydrogen (secondary N) is 1. The number of alkyl halides is 3. The number of nitrogens with two attached hydrogens (primary N) is 1. The van der Waals surface area contributed by atoms with Gasteiger partial charge >= 0.3 is 6.18 Å². The number of amides is 1. The standard InChI is InChI=1S/C13H16ClF3N2O/c1-3-7(2)11(18)12(20)19-10-6-8(13(15,16)17)4-5-9(10)14/h4-7,11H,3,18H2,1-2H3,(H,19,20)/t7-,11-/m0/s1. The first-order valence-electron chi connectivity index (χ1n) is 6.10. The van der Waals surface area contributed by atoms with Gasteiger partial charge in [-0.25, -0.2) is 0 Å². The lowest BCUT2D eigenvalue weighted by Gasteiger charge is -2.18. The van der Waals surface area contributed by atoms with Gasteiger partial charge in [-0.3, -0.25) is 4.79 Å². The highest BCUT2D eigenvalue weighted by Crippen LogP contribution is 2.33. The number of hydrogen-bond acceptors (Lipinski definition) is 2. The van der Waals surface area contributed by atoms with Gasteiger partial charge in [-0.05, 0) is 24.1 Å². The zero-order valence-corrected chi connectivity index (χ0v) is 11.8. The van der Waals surface area contributed by atoms with Crippen molar-refractivity contribution >= 4 is 23.2 Å². The molecule has 0 aromatic heterocycles. The van der Waals surface area contributed by atoms with Crippen molar-refractivity contribution in [1.29, 1.82) is 0 Å². The van der Waals surface area contributed by atoms with Gasteiger partial charge in [0.25, 0.3) is 0 Å². The van der Waals surface area contributed by atoms with Crippen molar-refractivity contribution in [2.24, 2.45) is 11.7 Å². The van der Waals surface area contributed by atoms with Crippen LogP contribution in [-0.2, 0) is 11.0 Å². The van der Waals surface area contributed by atoms with Crippen LogP contribution in [0.2, 0.25) is 5.02 Å². The van der Waals surface area contributed by atoms with Crippen molar-refractivity contribution in [3.63, 3.8) is 0 Å². The van der Waals surface area contributed by atoms with Crippen LogP contribution in [0.4, 0.5) is 18.9 Å². The molecule has 0 radical (unpaired) electrons. The smallest absolute Gasteiger partial charge is 0.323 e. The zero-order valence-electron chi connectivity index (χ0n) is 11.1. The summed E-state index contributed by atoms with van der Waals surface area (Å²) in [5, 5.41) is 2.37. The molecule has 0 aliphatic rings. The van der Waals surface area contributed by atoms with E-state index in [1.807, 2.05) is 6.92 Å². The van der Waals surface area contributed by atoms with E-state index in [1.54, 1.807) is 6.92 Å². The molecule has 0 aliphatic carbocycles. The van der Waals surface area contributed by atoms with Gasteiger partial charge in [0.1, 0.15) is 0 Å². The van der Waals surface area contributed by atoms with Crippen LogP contribution in [0.25, 0.3) is 0 Å². The minimum atomic E-state index is -4.50. The molecule has 0 fully saturated rings. The van der Waals surface area contributed by atoms with Crippen molar-refractivity contribution in [3.8, 4) is 0 Å². The Labute approximate surface area is 120 Å². The van der Waals surface area contributed by atoms with E-state index >= 15 is 0 Å². The van der Waals surface area contributed by atoms with E-state index in [0.717, 1.165) is 18.2 Å². The Kier molecular flexibility index (Phi) is 5.42. The van der Waals surface area contributed by atoms with Crippen molar-refractivity contribution < 1.29 is 18.0 Å². The number of hydrogen-bond donors (Lipinski definition) is 2. The van der Waals surface area contributed by atoms with Gasteiger partial charge in [-0.15, -0.1) is 0 Å². The number of rotatable bonds is 4. The fourth-order valence-electron chi connectivity index (χ4n) is 1.53. The summed E-state index contributed by atoms with van der Waals surface area (Å²) in [5.74, 6) is -0.639. The van der Waals surface area contributed by atoms with E-state index in [-0.39, 0.29) is 16.6 Å². The van der Waals surface area contributed by atoms with E-state index in [4.69, 9.17) is 17.3 Å². The van der Waals surface area contributed by atoms with E-state index in [2.05, 4.69) is 5.32 Å². The largest absolute Gasteiger partial charge is 0.416 e. The summed E-state index contributed by atoms with van der Waals surface area (Å²) in [4.78, 5) is 11.8. The number of anilines is 1. The minimum Gasteiger partial charge on any atom is -0.323 e. The van der Waals surface area contributed by atoms with Gasteiger partial charge in [0.15, 0.2) is 0 Å². The molecular weight excluding hydrogens is 293 g/mol. The Bertz CT molecular complexity index is 491. The third kappa shape index (κ3) is 4.11. The van der Waals surface area contributed by atoms with Gasteiger partial charge < -0.3 is 11.1 Å². The van der Waals surface area contributed by atoms with Crippen molar-refractivity contribution in [2.75, 3.05) is 5.32 Å². The fraction of sp³-hybridized carbons (Fsp3) is 0.462. The molecule has 0 saturated heterocycles.